The Morgan fingerprint density at radius 2 is 1.82 bits per heavy atom. The Balaban J connectivity index is 1.73. The number of carbonyl (C=O) groups is 1. The van der Waals surface area contributed by atoms with Gasteiger partial charge in [0, 0.05) is 5.56 Å². The number of hydrogen-bond acceptors (Lipinski definition) is 6. The van der Waals surface area contributed by atoms with E-state index in [0.29, 0.717) is 27.2 Å². The first kappa shape index (κ1) is 26.6. The zero-order chi connectivity index (χ0) is 27.5. The number of thiazole rings is 1. The van der Waals surface area contributed by atoms with Crippen LogP contribution < -0.4 is 19.6 Å². The zero-order valence-corrected chi connectivity index (χ0v) is 23.5. The zero-order valence-electron chi connectivity index (χ0n) is 22.7. The van der Waals surface area contributed by atoms with Gasteiger partial charge in [-0.2, -0.15) is 0 Å². The number of benzene rings is 3. The van der Waals surface area contributed by atoms with Crippen molar-refractivity contribution in [3.8, 4) is 5.75 Å². The minimum absolute atomic E-state index is 0.203. The minimum Gasteiger partial charge on any atom is -0.493 e. The molecule has 0 bridgehead atoms. The van der Waals surface area contributed by atoms with E-state index in [1.807, 2.05) is 67.6 Å². The molecular formula is C32H32N2O4S. The van der Waals surface area contributed by atoms with E-state index in [9.17, 15) is 9.59 Å². The van der Waals surface area contributed by atoms with Crippen LogP contribution in [0.15, 0.2) is 81.7 Å². The summed E-state index contributed by atoms with van der Waals surface area (Å²) in [4.78, 5) is 32.4. The van der Waals surface area contributed by atoms with Crippen molar-refractivity contribution < 1.29 is 14.3 Å². The molecule has 0 unspecified atom stereocenters. The highest BCUT2D eigenvalue weighted by molar-refractivity contribution is 7.07. The largest absolute Gasteiger partial charge is 0.493 e. The Bertz CT molecular complexity index is 1750. The molecule has 0 aliphatic carbocycles. The molecule has 0 saturated heterocycles. The van der Waals surface area contributed by atoms with Crippen LogP contribution in [0.4, 0.5) is 0 Å². The number of ether oxygens (including phenoxy) is 2. The van der Waals surface area contributed by atoms with E-state index in [-0.39, 0.29) is 12.2 Å². The summed E-state index contributed by atoms with van der Waals surface area (Å²) < 4.78 is 13.7. The SMILES string of the molecule is CCCCOc1ccc2ccccc2c1/C=c1/sc2n(c1=O)[C@H](c1ccc(C)cc1)C(C(=O)OCC)=C(C)N=2. The van der Waals surface area contributed by atoms with Crippen LogP contribution >= 0.6 is 11.3 Å². The number of nitrogens with zero attached hydrogens (tertiary/aromatic N) is 2. The molecule has 1 aromatic heterocycles. The van der Waals surface area contributed by atoms with Gasteiger partial charge in [0.1, 0.15) is 5.75 Å². The third-order valence-electron chi connectivity index (χ3n) is 6.87. The molecule has 2 heterocycles. The molecule has 0 N–H and O–H groups in total. The number of allylic oxidation sites excluding steroid dienone is 1. The number of esters is 1. The summed E-state index contributed by atoms with van der Waals surface area (Å²) in [5.74, 6) is 0.283. The summed E-state index contributed by atoms with van der Waals surface area (Å²) in [6.45, 7) is 8.55. The summed E-state index contributed by atoms with van der Waals surface area (Å²) in [5, 5.41) is 2.08. The molecule has 7 heteroatoms. The first-order valence-electron chi connectivity index (χ1n) is 13.3. The van der Waals surface area contributed by atoms with Crippen molar-refractivity contribution in [2.24, 2.45) is 4.99 Å². The van der Waals surface area contributed by atoms with Gasteiger partial charge >= 0.3 is 5.97 Å². The second kappa shape index (κ2) is 11.4. The summed E-state index contributed by atoms with van der Waals surface area (Å²) >= 11 is 1.32. The number of rotatable bonds is 8. The van der Waals surface area contributed by atoms with Crippen molar-refractivity contribution in [2.45, 2.75) is 46.6 Å². The molecule has 4 aromatic rings. The maximum atomic E-state index is 14.1. The van der Waals surface area contributed by atoms with E-state index < -0.39 is 12.0 Å². The first-order valence-corrected chi connectivity index (χ1v) is 14.1. The first-order chi connectivity index (χ1) is 18.9. The molecule has 0 saturated carbocycles. The van der Waals surface area contributed by atoms with Gasteiger partial charge in [0.2, 0.25) is 0 Å². The molecule has 6 nitrogen and oxygen atoms in total. The lowest BCUT2D eigenvalue weighted by molar-refractivity contribution is -0.139. The van der Waals surface area contributed by atoms with Crippen LogP contribution in [0, 0.1) is 6.92 Å². The van der Waals surface area contributed by atoms with E-state index in [4.69, 9.17) is 14.5 Å². The molecule has 0 fully saturated rings. The Morgan fingerprint density at radius 3 is 2.56 bits per heavy atom. The van der Waals surface area contributed by atoms with Crippen molar-refractivity contribution in [3.63, 3.8) is 0 Å². The van der Waals surface area contributed by atoms with Crippen molar-refractivity contribution in [1.82, 2.24) is 4.57 Å². The predicted octanol–water partition coefficient (Wildman–Crippen LogP) is 5.44. The highest BCUT2D eigenvalue weighted by atomic mass is 32.1. The van der Waals surface area contributed by atoms with E-state index in [1.165, 1.54) is 11.3 Å². The maximum Gasteiger partial charge on any atom is 0.338 e. The Morgan fingerprint density at radius 1 is 1.05 bits per heavy atom. The molecule has 0 radical (unpaired) electrons. The number of unbranched alkanes of at least 4 members (excludes halogenated alkanes) is 1. The molecule has 200 valence electrons. The number of hydrogen-bond donors (Lipinski definition) is 0. The Hall–Kier alpha value is -3.97. The molecule has 5 rings (SSSR count). The van der Waals surface area contributed by atoms with Crippen LogP contribution in [0.5, 0.6) is 5.75 Å². The number of aryl methyl sites for hydroxylation is 1. The van der Waals surface area contributed by atoms with Gasteiger partial charge in [-0.1, -0.05) is 84.8 Å². The lowest BCUT2D eigenvalue weighted by Gasteiger charge is -2.24. The van der Waals surface area contributed by atoms with Crippen LogP contribution in [0.2, 0.25) is 0 Å². The molecule has 0 amide bonds. The van der Waals surface area contributed by atoms with Crippen molar-refractivity contribution in [3.05, 3.63) is 108 Å². The highest BCUT2D eigenvalue weighted by Crippen LogP contribution is 2.32. The second-order valence-corrected chi connectivity index (χ2v) is 10.6. The predicted molar refractivity (Wildman–Crippen MR) is 156 cm³/mol. The van der Waals surface area contributed by atoms with Gasteiger partial charge in [0.15, 0.2) is 4.80 Å². The topological polar surface area (TPSA) is 69.9 Å². The Labute approximate surface area is 231 Å². The monoisotopic (exact) mass is 540 g/mol. The van der Waals surface area contributed by atoms with E-state index in [0.717, 1.165) is 46.1 Å². The molecule has 3 aromatic carbocycles. The number of carbonyl (C=O) groups excluding carboxylic acids is 1. The fraction of sp³-hybridized carbons (Fsp3) is 0.281. The summed E-state index contributed by atoms with van der Waals surface area (Å²) in [6, 6.07) is 19.4. The van der Waals surface area contributed by atoms with E-state index >= 15 is 0 Å². The average Bonchev–Trinajstić information content (AvgIpc) is 3.23. The van der Waals surface area contributed by atoms with Gasteiger partial charge in [0.05, 0.1) is 35.1 Å². The maximum absolute atomic E-state index is 14.1. The van der Waals surface area contributed by atoms with Crippen LogP contribution in [0.1, 0.15) is 56.3 Å². The summed E-state index contributed by atoms with van der Waals surface area (Å²) in [7, 11) is 0. The lowest BCUT2D eigenvalue weighted by Crippen LogP contribution is -2.39. The highest BCUT2D eigenvalue weighted by Gasteiger charge is 2.33. The van der Waals surface area contributed by atoms with Crippen molar-refractivity contribution in [2.75, 3.05) is 13.2 Å². The molecule has 0 spiro atoms. The van der Waals surface area contributed by atoms with Crippen LogP contribution in [0.25, 0.3) is 16.8 Å². The number of fused-ring (bicyclic) bond motifs is 2. The van der Waals surface area contributed by atoms with Gasteiger partial charge in [0.25, 0.3) is 5.56 Å². The van der Waals surface area contributed by atoms with Crippen LogP contribution in [0.3, 0.4) is 0 Å². The Kier molecular flexibility index (Phi) is 7.79. The van der Waals surface area contributed by atoms with Gasteiger partial charge in [-0.15, -0.1) is 0 Å². The molecule has 1 aliphatic rings. The fourth-order valence-electron chi connectivity index (χ4n) is 4.86. The van der Waals surface area contributed by atoms with Crippen LogP contribution in [-0.4, -0.2) is 23.8 Å². The van der Waals surface area contributed by atoms with E-state index in [2.05, 4.69) is 13.0 Å². The molecule has 1 atom stereocenters. The summed E-state index contributed by atoms with van der Waals surface area (Å²) in [6.07, 6.45) is 3.88. The fourth-order valence-corrected chi connectivity index (χ4v) is 5.89. The van der Waals surface area contributed by atoms with Gasteiger partial charge < -0.3 is 9.47 Å². The minimum atomic E-state index is -0.629. The van der Waals surface area contributed by atoms with Gasteiger partial charge in [-0.05, 0) is 55.7 Å². The standard InChI is InChI=1S/C32H32N2O4S/c1-5-7-18-38-26-17-16-22-10-8-9-11-24(22)25(26)19-27-30(35)34-29(23-14-12-20(3)13-15-23)28(31(36)37-6-2)21(4)33-32(34)39-27/h8-17,19,29H,5-7,18H2,1-4H3/b27-19+/t29-/m1/s1. The lowest BCUT2D eigenvalue weighted by atomic mass is 9.95. The molecule has 39 heavy (non-hydrogen) atoms. The third kappa shape index (κ3) is 5.19. The van der Waals surface area contributed by atoms with Crippen molar-refractivity contribution >= 4 is 34.2 Å². The van der Waals surface area contributed by atoms with Crippen LogP contribution in [-0.2, 0) is 9.53 Å². The third-order valence-corrected chi connectivity index (χ3v) is 7.85. The van der Waals surface area contributed by atoms with Gasteiger partial charge in [-0.25, -0.2) is 9.79 Å². The quantitative estimate of drug-likeness (QED) is 0.221. The van der Waals surface area contributed by atoms with Crippen molar-refractivity contribution in [1.29, 1.82) is 0 Å². The number of aromatic nitrogens is 1. The van der Waals surface area contributed by atoms with Gasteiger partial charge in [-0.3, -0.25) is 9.36 Å². The molecule has 1 aliphatic heterocycles. The smallest absolute Gasteiger partial charge is 0.338 e. The second-order valence-electron chi connectivity index (χ2n) is 9.61. The molecular weight excluding hydrogens is 508 g/mol. The van der Waals surface area contributed by atoms with E-state index in [1.54, 1.807) is 18.4 Å². The normalized spacial score (nSPS) is 15.3. The summed E-state index contributed by atoms with van der Waals surface area (Å²) in [5.41, 5.74) is 3.53. The average molecular weight is 541 g/mol.